The molecule has 2 aromatic carbocycles. The van der Waals surface area contributed by atoms with Crippen molar-refractivity contribution in [1.29, 1.82) is 0 Å². The summed E-state index contributed by atoms with van der Waals surface area (Å²) in [6.07, 6.45) is 3.12. The summed E-state index contributed by atoms with van der Waals surface area (Å²) in [4.78, 5) is 17.2. The fourth-order valence-corrected chi connectivity index (χ4v) is 5.10. The number of sulfonamides is 1. The summed E-state index contributed by atoms with van der Waals surface area (Å²) >= 11 is 0. The quantitative estimate of drug-likeness (QED) is 0.618. The SMILES string of the molecule is CCN(CC)S(=O)(=O)c1ccc(/C=C/C(=O)Nc2ccc(N3CCN(C)CC3)cc2)cc1. The second-order valence-electron chi connectivity index (χ2n) is 7.82. The van der Waals surface area contributed by atoms with Gasteiger partial charge in [-0.15, -0.1) is 0 Å². The van der Waals surface area contributed by atoms with Gasteiger partial charge in [0.1, 0.15) is 0 Å². The van der Waals surface area contributed by atoms with E-state index in [0.29, 0.717) is 13.1 Å². The standard InChI is InChI=1S/C24H32N4O3S/c1-4-28(5-2)32(30,31)23-13-6-20(7-14-23)8-15-24(29)25-21-9-11-22(12-10-21)27-18-16-26(3)17-19-27/h6-15H,4-5,16-19H2,1-3H3,(H,25,29)/b15-8+. The average molecular weight is 457 g/mol. The van der Waals surface area contributed by atoms with E-state index in [1.807, 2.05) is 38.1 Å². The van der Waals surface area contributed by atoms with Gasteiger partial charge in [0.15, 0.2) is 0 Å². The number of amides is 1. The zero-order valence-electron chi connectivity index (χ0n) is 19.0. The maximum Gasteiger partial charge on any atom is 0.248 e. The van der Waals surface area contributed by atoms with Crippen LogP contribution in [0.3, 0.4) is 0 Å². The zero-order valence-corrected chi connectivity index (χ0v) is 19.8. The number of hydrogen-bond acceptors (Lipinski definition) is 5. The molecule has 1 amide bonds. The first-order valence-electron chi connectivity index (χ1n) is 11.0. The molecule has 8 heteroatoms. The molecule has 0 bridgehead atoms. The van der Waals surface area contributed by atoms with Gasteiger partial charge in [-0.3, -0.25) is 4.79 Å². The molecule has 0 radical (unpaired) electrons. The maximum atomic E-state index is 12.6. The van der Waals surface area contributed by atoms with Crippen molar-refractivity contribution in [2.75, 3.05) is 56.5 Å². The number of carbonyl (C=O) groups is 1. The molecule has 1 fully saturated rings. The molecular weight excluding hydrogens is 424 g/mol. The molecule has 0 spiro atoms. The third-order valence-electron chi connectivity index (χ3n) is 5.65. The molecule has 1 heterocycles. The fraction of sp³-hybridized carbons (Fsp3) is 0.375. The van der Waals surface area contributed by atoms with Crippen LogP contribution in [0.15, 0.2) is 59.5 Å². The van der Waals surface area contributed by atoms with E-state index in [-0.39, 0.29) is 10.8 Å². The van der Waals surface area contributed by atoms with E-state index in [4.69, 9.17) is 0 Å². The highest BCUT2D eigenvalue weighted by molar-refractivity contribution is 7.89. The summed E-state index contributed by atoms with van der Waals surface area (Å²) in [6.45, 7) is 8.58. The fourth-order valence-electron chi connectivity index (χ4n) is 3.64. The Hall–Kier alpha value is -2.68. The van der Waals surface area contributed by atoms with E-state index < -0.39 is 10.0 Å². The lowest BCUT2D eigenvalue weighted by Gasteiger charge is -2.34. The molecule has 0 atom stereocenters. The predicted octanol–water partition coefficient (Wildman–Crippen LogP) is 3.12. The zero-order chi connectivity index (χ0) is 23.1. The molecular formula is C24H32N4O3S. The Bertz CT molecular complexity index is 1020. The van der Waals surface area contributed by atoms with E-state index in [0.717, 1.165) is 43.1 Å². The summed E-state index contributed by atoms with van der Waals surface area (Å²) in [5.74, 6) is -0.239. The van der Waals surface area contributed by atoms with Crippen molar-refractivity contribution in [3.8, 4) is 0 Å². The summed E-state index contributed by atoms with van der Waals surface area (Å²) in [5.41, 5.74) is 2.65. The number of benzene rings is 2. The molecule has 2 aromatic rings. The first kappa shape index (κ1) is 24.0. The van der Waals surface area contributed by atoms with Crippen molar-refractivity contribution in [3.05, 3.63) is 60.2 Å². The van der Waals surface area contributed by atoms with Gasteiger partial charge < -0.3 is 15.1 Å². The van der Waals surface area contributed by atoms with Crippen LogP contribution >= 0.6 is 0 Å². The van der Waals surface area contributed by atoms with Crippen molar-refractivity contribution >= 4 is 33.4 Å². The minimum atomic E-state index is -3.48. The van der Waals surface area contributed by atoms with Crippen LogP contribution in [0, 0.1) is 0 Å². The Morgan fingerprint density at radius 1 is 0.969 bits per heavy atom. The number of piperazine rings is 1. The normalized spacial score (nSPS) is 15.4. The number of nitrogens with one attached hydrogen (secondary N) is 1. The van der Waals surface area contributed by atoms with Crippen LogP contribution in [0.2, 0.25) is 0 Å². The largest absolute Gasteiger partial charge is 0.369 e. The topological polar surface area (TPSA) is 73.0 Å². The highest BCUT2D eigenvalue weighted by Gasteiger charge is 2.21. The average Bonchev–Trinajstić information content (AvgIpc) is 2.80. The van der Waals surface area contributed by atoms with Gasteiger partial charge in [0, 0.05) is 56.7 Å². The first-order chi connectivity index (χ1) is 15.3. The second-order valence-corrected chi connectivity index (χ2v) is 9.76. The smallest absolute Gasteiger partial charge is 0.248 e. The van der Waals surface area contributed by atoms with Gasteiger partial charge in [0.05, 0.1) is 4.90 Å². The molecule has 0 aromatic heterocycles. The first-order valence-corrected chi connectivity index (χ1v) is 12.4. The molecule has 3 rings (SSSR count). The van der Waals surface area contributed by atoms with Crippen LogP contribution in [0.4, 0.5) is 11.4 Å². The third-order valence-corrected chi connectivity index (χ3v) is 7.72. The summed E-state index contributed by atoms with van der Waals surface area (Å²) in [5, 5.41) is 2.86. The maximum absolute atomic E-state index is 12.6. The number of carbonyl (C=O) groups excluding carboxylic acids is 1. The van der Waals surface area contributed by atoms with Crippen LogP contribution < -0.4 is 10.2 Å². The summed E-state index contributed by atoms with van der Waals surface area (Å²) in [7, 11) is -1.35. The van der Waals surface area contributed by atoms with Crippen LogP contribution in [0.1, 0.15) is 19.4 Å². The number of likely N-dealkylation sites (N-methyl/N-ethyl adjacent to an activating group) is 1. The van der Waals surface area contributed by atoms with E-state index in [1.165, 1.54) is 10.4 Å². The minimum Gasteiger partial charge on any atom is -0.369 e. The summed E-state index contributed by atoms with van der Waals surface area (Å²) in [6, 6.07) is 14.4. The van der Waals surface area contributed by atoms with Gasteiger partial charge in [-0.25, -0.2) is 8.42 Å². The van der Waals surface area contributed by atoms with Crippen LogP contribution in [-0.2, 0) is 14.8 Å². The molecule has 1 aliphatic rings. The highest BCUT2D eigenvalue weighted by atomic mass is 32.2. The number of hydrogen-bond donors (Lipinski definition) is 1. The minimum absolute atomic E-state index is 0.239. The molecule has 0 saturated carbocycles. The van der Waals surface area contributed by atoms with E-state index >= 15 is 0 Å². The van der Waals surface area contributed by atoms with Crippen molar-refractivity contribution in [2.24, 2.45) is 0 Å². The van der Waals surface area contributed by atoms with Crippen molar-refractivity contribution in [1.82, 2.24) is 9.21 Å². The lowest BCUT2D eigenvalue weighted by atomic mass is 10.2. The van der Waals surface area contributed by atoms with E-state index in [2.05, 4.69) is 22.2 Å². The predicted molar refractivity (Wildman–Crippen MR) is 130 cm³/mol. The Balaban J connectivity index is 1.57. The molecule has 0 unspecified atom stereocenters. The molecule has 172 valence electrons. The lowest BCUT2D eigenvalue weighted by molar-refractivity contribution is -0.111. The lowest BCUT2D eigenvalue weighted by Crippen LogP contribution is -2.44. The van der Waals surface area contributed by atoms with Crippen LogP contribution in [0.5, 0.6) is 0 Å². The van der Waals surface area contributed by atoms with E-state index in [9.17, 15) is 13.2 Å². The Morgan fingerprint density at radius 3 is 2.12 bits per heavy atom. The van der Waals surface area contributed by atoms with Gasteiger partial charge in [0.2, 0.25) is 15.9 Å². The number of anilines is 2. The monoisotopic (exact) mass is 456 g/mol. The number of nitrogens with zero attached hydrogens (tertiary/aromatic N) is 3. The Morgan fingerprint density at radius 2 is 1.56 bits per heavy atom. The van der Waals surface area contributed by atoms with Gasteiger partial charge in [-0.1, -0.05) is 26.0 Å². The highest BCUT2D eigenvalue weighted by Crippen LogP contribution is 2.20. The Kier molecular flexibility index (Phi) is 8.06. The van der Waals surface area contributed by atoms with Crippen LogP contribution in [0.25, 0.3) is 6.08 Å². The molecule has 1 saturated heterocycles. The Labute approximate surface area is 191 Å². The van der Waals surface area contributed by atoms with Crippen LogP contribution in [-0.4, -0.2) is 69.8 Å². The van der Waals surface area contributed by atoms with Gasteiger partial charge in [0.25, 0.3) is 0 Å². The van der Waals surface area contributed by atoms with Gasteiger partial charge in [-0.2, -0.15) is 4.31 Å². The molecule has 7 nitrogen and oxygen atoms in total. The summed E-state index contributed by atoms with van der Waals surface area (Å²) < 4.78 is 26.5. The number of rotatable bonds is 8. The molecule has 32 heavy (non-hydrogen) atoms. The van der Waals surface area contributed by atoms with Gasteiger partial charge in [-0.05, 0) is 55.1 Å². The van der Waals surface area contributed by atoms with Gasteiger partial charge >= 0.3 is 0 Å². The van der Waals surface area contributed by atoms with Crippen molar-refractivity contribution in [2.45, 2.75) is 18.7 Å². The molecule has 1 N–H and O–H groups in total. The molecule has 0 aliphatic carbocycles. The molecule has 1 aliphatic heterocycles. The van der Waals surface area contributed by atoms with E-state index in [1.54, 1.807) is 30.3 Å². The third kappa shape index (κ3) is 5.97. The van der Waals surface area contributed by atoms with Crippen molar-refractivity contribution in [3.63, 3.8) is 0 Å². The van der Waals surface area contributed by atoms with Crippen molar-refractivity contribution < 1.29 is 13.2 Å². The second kappa shape index (κ2) is 10.8.